The van der Waals surface area contributed by atoms with Gasteiger partial charge >= 0.3 is 5.69 Å². The summed E-state index contributed by atoms with van der Waals surface area (Å²) in [7, 11) is 2.93. The lowest BCUT2D eigenvalue weighted by atomic mass is 11.0. The minimum Gasteiger partial charge on any atom is -0.383 e. The maximum absolute atomic E-state index is 10.4. The number of aromatic nitrogens is 3. The number of aromatic amines is 1. The first-order valence-corrected chi connectivity index (χ1v) is 2.67. The molecule has 9 heavy (non-hydrogen) atoms. The molecule has 0 fully saturated rings. The van der Waals surface area contributed by atoms with Gasteiger partial charge in [0.05, 0.1) is 0 Å². The number of nitrogens with zero attached hydrogens (tertiary/aromatic N) is 2. The highest BCUT2D eigenvalue weighted by Crippen LogP contribution is 1.82. The van der Waals surface area contributed by atoms with Crippen LogP contribution in [0.25, 0.3) is 0 Å². The number of hydrogen-bond donors (Lipinski definition) is 2. The number of nitrogens with one attached hydrogen (secondary N) is 2. The molecule has 1 aromatic rings. The summed E-state index contributed by atoms with van der Waals surface area (Å²) >= 11 is 0. The lowest BCUT2D eigenvalue weighted by Gasteiger charge is -1.92. The van der Waals surface area contributed by atoms with E-state index in [2.05, 4.69) is 30.3 Å². The Balaban J connectivity index is 3.08. The van der Waals surface area contributed by atoms with Crippen LogP contribution in [0.1, 0.15) is 0 Å². The zero-order valence-electron chi connectivity index (χ0n) is 4.38. The molecule has 6 heteroatoms. The van der Waals surface area contributed by atoms with Crippen LogP contribution in [0.3, 0.4) is 0 Å². The molecule has 3 radical (unpaired) electrons. The third kappa shape index (κ3) is 1.36. The van der Waals surface area contributed by atoms with E-state index in [-0.39, 0.29) is 0 Å². The highest BCUT2D eigenvalue weighted by molar-refractivity contribution is 6.15. The standard InChI is InChI=1S/C3H3N4OSi/c8-3-5-1-4-2(6-3)7-9/h1H,(H2,4,5,6,7,8). The molecule has 0 saturated carbocycles. The van der Waals surface area contributed by atoms with Gasteiger partial charge in [-0.3, -0.25) is 4.98 Å². The Kier molecular flexibility index (Phi) is 1.59. The summed E-state index contributed by atoms with van der Waals surface area (Å²) in [5.41, 5.74) is -0.425. The molecule has 0 atom stereocenters. The third-order valence-corrected chi connectivity index (χ3v) is 0.942. The summed E-state index contributed by atoms with van der Waals surface area (Å²) in [4.78, 5) is 22.1. The van der Waals surface area contributed by atoms with E-state index in [1.807, 2.05) is 0 Å². The van der Waals surface area contributed by atoms with Crippen LogP contribution in [0.5, 0.6) is 0 Å². The second kappa shape index (κ2) is 2.40. The molecule has 0 saturated heterocycles. The fourth-order valence-electron chi connectivity index (χ4n) is 0.368. The number of H-pyrrole nitrogens is 1. The van der Waals surface area contributed by atoms with Gasteiger partial charge < -0.3 is 4.98 Å². The largest absolute Gasteiger partial charge is 0.383 e. The van der Waals surface area contributed by atoms with Crippen molar-refractivity contribution in [3.05, 3.63) is 16.8 Å². The van der Waals surface area contributed by atoms with Crippen molar-refractivity contribution in [2.24, 2.45) is 0 Å². The van der Waals surface area contributed by atoms with E-state index in [1.54, 1.807) is 0 Å². The normalized spacial score (nSPS) is 9.00. The maximum Gasteiger partial charge on any atom is 0.349 e. The molecular formula is C3H3N4OSi. The van der Waals surface area contributed by atoms with Gasteiger partial charge in [0.25, 0.3) is 0 Å². The predicted molar refractivity (Wildman–Crippen MR) is 32.0 cm³/mol. The van der Waals surface area contributed by atoms with Crippen LogP contribution in [-0.2, 0) is 0 Å². The van der Waals surface area contributed by atoms with E-state index in [1.165, 1.54) is 6.33 Å². The van der Waals surface area contributed by atoms with Crippen LogP contribution >= 0.6 is 0 Å². The molecule has 0 aliphatic heterocycles. The van der Waals surface area contributed by atoms with Crippen molar-refractivity contribution in [3.8, 4) is 0 Å². The quantitative estimate of drug-likeness (QED) is 0.472. The van der Waals surface area contributed by atoms with E-state index in [9.17, 15) is 4.79 Å². The number of hydrogen-bond acceptors (Lipinski definition) is 4. The van der Waals surface area contributed by atoms with Gasteiger partial charge in [-0.2, -0.15) is 4.98 Å². The first kappa shape index (κ1) is 5.95. The van der Waals surface area contributed by atoms with Gasteiger partial charge in [-0.05, 0) is 0 Å². The second-order valence-corrected chi connectivity index (χ2v) is 1.53. The summed E-state index contributed by atoms with van der Waals surface area (Å²) < 4.78 is 0. The van der Waals surface area contributed by atoms with Crippen LogP contribution in [0.15, 0.2) is 11.1 Å². The summed E-state index contributed by atoms with van der Waals surface area (Å²) in [6.07, 6.45) is 1.17. The predicted octanol–water partition coefficient (Wildman–Crippen LogP) is -1.34. The van der Waals surface area contributed by atoms with Gasteiger partial charge in [0.1, 0.15) is 6.33 Å². The first-order valence-electron chi connectivity index (χ1n) is 2.17. The van der Waals surface area contributed by atoms with E-state index < -0.39 is 5.69 Å². The molecule has 45 valence electrons. The van der Waals surface area contributed by atoms with Crippen molar-refractivity contribution in [1.82, 2.24) is 15.0 Å². The van der Waals surface area contributed by atoms with Crippen molar-refractivity contribution in [2.45, 2.75) is 0 Å². The fourth-order valence-corrected chi connectivity index (χ4v) is 0.495. The second-order valence-electron chi connectivity index (χ2n) is 1.28. The molecule has 0 unspecified atom stereocenters. The number of anilines is 1. The van der Waals surface area contributed by atoms with Crippen LogP contribution in [0.4, 0.5) is 5.95 Å². The number of rotatable bonds is 1. The van der Waals surface area contributed by atoms with Crippen LogP contribution in [0.2, 0.25) is 0 Å². The van der Waals surface area contributed by atoms with Crippen molar-refractivity contribution in [2.75, 3.05) is 4.98 Å². The third-order valence-electron chi connectivity index (χ3n) is 0.706. The maximum atomic E-state index is 10.4. The van der Waals surface area contributed by atoms with Crippen LogP contribution < -0.4 is 10.7 Å². The molecule has 1 aromatic heterocycles. The molecule has 1 rings (SSSR count). The Morgan fingerprint density at radius 3 is 2.89 bits per heavy atom. The summed E-state index contributed by atoms with van der Waals surface area (Å²) in [6, 6.07) is 0. The summed E-state index contributed by atoms with van der Waals surface area (Å²) in [5, 5.41) is 0. The van der Waals surface area contributed by atoms with Crippen molar-refractivity contribution < 1.29 is 0 Å². The van der Waals surface area contributed by atoms with E-state index in [4.69, 9.17) is 0 Å². The molecule has 0 spiro atoms. The molecule has 5 nitrogen and oxygen atoms in total. The average Bonchev–Trinajstić information content (AvgIpc) is 1.88. The Bertz CT molecular complexity index is 246. The molecule has 0 aliphatic rings. The van der Waals surface area contributed by atoms with E-state index >= 15 is 0 Å². The first-order chi connectivity index (χ1) is 4.33. The molecular weight excluding hydrogens is 136 g/mol. The smallest absolute Gasteiger partial charge is 0.349 e. The van der Waals surface area contributed by atoms with Crippen molar-refractivity contribution in [1.29, 1.82) is 0 Å². The van der Waals surface area contributed by atoms with E-state index in [0.717, 1.165) is 0 Å². The SMILES string of the molecule is O=c1ncnc(N[Si])[nH]1. The molecule has 0 aliphatic carbocycles. The Morgan fingerprint density at radius 1 is 1.67 bits per heavy atom. The molecule has 2 N–H and O–H groups in total. The Morgan fingerprint density at radius 2 is 2.44 bits per heavy atom. The van der Waals surface area contributed by atoms with Gasteiger partial charge in [-0.15, -0.1) is 0 Å². The van der Waals surface area contributed by atoms with E-state index in [0.29, 0.717) is 5.95 Å². The summed E-state index contributed by atoms with van der Waals surface area (Å²) in [6.45, 7) is 0. The summed E-state index contributed by atoms with van der Waals surface area (Å²) in [5.74, 6) is 0.340. The zero-order chi connectivity index (χ0) is 6.69. The zero-order valence-corrected chi connectivity index (χ0v) is 5.38. The molecule has 0 aromatic carbocycles. The Labute approximate surface area is 54.1 Å². The highest BCUT2D eigenvalue weighted by Gasteiger charge is 1.86. The van der Waals surface area contributed by atoms with Gasteiger partial charge in [0.2, 0.25) is 0 Å². The average molecular weight is 139 g/mol. The van der Waals surface area contributed by atoms with Crippen molar-refractivity contribution >= 4 is 16.4 Å². The van der Waals surface area contributed by atoms with Gasteiger partial charge in [-0.1, -0.05) is 0 Å². The van der Waals surface area contributed by atoms with Crippen LogP contribution in [-0.4, -0.2) is 25.4 Å². The van der Waals surface area contributed by atoms with Gasteiger partial charge in [-0.25, -0.2) is 9.78 Å². The lowest BCUT2D eigenvalue weighted by Crippen LogP contribution is -2.13. The van der Waals surface area contributed by atoms with Gasteiger partial charge in [0, 0.05) is 0 Å². The highest BCUT2D eigenvalue weighted by atomic mass is 28.2. The van der Waals surface area contributed by atoms with Crippen molar-refractivity contribution in [3.63, 3.8) is 0 Å². The van der Waals surface area contributed by atoms with Gasteiger partial charge in [0.15, 0.2) is 16.4 Å². The lowest BCUT2D eigenvalue weighted by molar-refractivity contribution is 0.999. The molecule has 0 bridgehead atoms. The minimum absolute atomic E-state index is 0.340. The molecule has 0 amide bonds. The fraction of sp³-hybridized carbons (Fsp3) is 0. The minimum atomic E-state index is -0.425. The van der Waals surface area contributed by atoms with Crippen LogP contribution in [0, 0.1) is 0 Å². The Hall–Kier alpha value is -1.17. The topological polar surface area (TPSA) is 70.7 Å². The monoisotopic (exact) mass is 139 g/mol. The molecule has 1 heterocycles.